The van der Waals surface area contributed by atoms with Crippen LogP contribution in [0.3, 0.4) is 0 Å². The lowest BCUT2D eigenvalue weighted by Gasteiger charge is -2.42. The second kappa shape index (κ2) is 40.7. The summed E-state index contributed by atoms with van der Waals surface area (Å²) < 4.78 is 26.3. The largest absolute Gasteiger partial charge is 0.466 e. The van der Waals surface area contributed by atoms with E-state index >= 15 is 0 Å². The van der Waals surface area contributed by atoms with E-state index in [0.717, 1.165) is 116 Å². The van der Waals surface area contributed by atoms with E-state index in [1.807, 2.05) is 0 Å². The Bertz CT molecular complexity index is 1170. The molecule has 68 heavy (non-hydrogen) atoms. The number of nitrogens with zero attached hydrogens (tertiary/aromatic N) is 1. The van der Waals surface area contributed by atoms with Crippen LogP contribution in [0.4, 0.5) is 0 Å². The third kappa shape index (κ3) is 35.4. The van der Waals surface area contributed by atoms with Gasteiger partial charge in [-0.3, -0.25) is 14.5 Å². The number of unbranched alkanes of at least 4 members (excludes halogenated alkanes) is 21. The van der Waals surface area contributed by atoms with Crippen molar-refractivity contribution >= 4 is 28.6 Å². The summed E-state index contributed by atoms with van der Waals surface area (Å²) in [5.74, 6) is 0.0523. The fourth-order valence-electron chi connectivity index (χ4n) is 8.67. The zero-order valence-electron chi connectivity index (χ0n) is 48.1. The van der Waals surface area contributed by atoms with E-state index in [2.05, 4.69) is 93.4 Å². The number of esters is 2. The second-order valence-corrected chi connectivity index (χ2v) is 33.5. The molecule has 2 unspecified atom stereocenters. The molecule has 0 amide bonds. The minimum Gasteiger partial charge on any atom is -0.466 e. The summed E-state index contributed by atoms with van der Waals surface area (Å²) in [5.41, 5.74) is 6.06. The number of carbonyl (C=O) groups excluding carboxylic acids is 2. The van der Waals surface area contributed by atoms with Gasteiger partial charge in [0.05, 0.1) is 31.3 Å². The van der Waals surface area contributed by atoms with Gasteiger partial charge in [-0.2, -0.15) is 0 Å². The molecule has 2 N–H and O–H groups in total. The number of ether oxygens (including phenoxy) is 2. The van der Waals surface area contributed by atoms with E-state index in [9.17, 15) is 9.59 Å². The van der Waals surface area contributed by atoms with Crippen LogP contribution in [-0.4, -0.2) is 85.1 Å². The van der Waals surface area contributed by atoms with Crippen molar-refractivity contribution in [1.29, 1.82) is 0 Å². The summed E-state index contributed by atoms with van der Waals surface area (Å²) in [4.78, 5) is 28.7. The first kappa shape index (κ1) is 67.2. The van der Waals surface area contributed by atoms with Crippen molar-refractivity contribution in [3.05, 3.63) is 0 Å². The van der Waals surface area contributed by atoms with Crippen LogP contribution in [0.25, 0.3) is 0 Å². The lowest BCUT2D eigenvalue weighted by molar-refractivity contribution is -0.149. The van der Waals surface area contributed by atoms with Gasteiger partial charge >= 0.3 is 11.9 Å². The Kier molecular flexibility index (Phi) is 40.2. The fourth-order valence-corrected chi connectivity index (χ4v) is 11.4. The van der Waals surface area contributed by atoms with E-state index < -0.39 is 16.6 Å². The van der Waals surface area contributed by atoms with Gasteiger partial charge in [-0.15, -0.1) is 0 Å². The van der Waals surface area contributed by atoms with Crippen LogP contribution >= 0.6 is 0 Å². The van der Waals surface area contributed by atoms with Gasteiger partial charge in [0, 0.05) is 19.5 Å². The average Bonchev–Trinajstić information content (AvgIpc) is 3.26. The summed E-state index contributed by atoms with van der Waals surface area (Å²) in [6.07, 6.45) is 36.4. The molecule has 8 nitrogen and oxygen atoms in total. The van der Waals surface area contributed by atoms with Crippen LogP contribution in [0, 0.1) is 5.92 Å². The van der Waals surface area contributed by atoms with Gasteiger partial charge in [0.1, 0.15) is 0 Å². The van der Waals surface area contributed by atoms with E-state index in [1.54, 1.807) is 0 Å². The van der Waals surface area contributed by atoms with Crippen LogP contribution in [0.5, 0.6) is 0 Å². The highest BCUT2D eigenvalue weighted by molar-refractivity contribution is 6.74. The molecule has 0 aromatic rings. The predicted octanol–water partition coefficient (Wildman–Crippen LogP) is 17.3. The van der Waals surface area contributed by atoms with Gasteiger partial charge < -0.3 is 24.1 Å². The van der Waals surface area contributed by atoms with Crippen molar-refractivity contribution in [2.75, 3.05) is 39.4 Å². The Balaban J connectivity index is 5.70. The molecule has 0 aliphatic heterocycles. The first-order valence-corrected chi connectivity index (χ1v) is 35.2. The highest BCUT2D eigenvalue weighted by Crippen LogP contribution is 2.39. The van der Waals surface area contributed by atoms with Crippen molar-refractivity contribution in [2.45, 2.75) is 316 Å². The molecule has 0 saturated carbocycles. The first-order chi connectivity index (χ1) is 32.2. The maximum absolute atomic E-state index is 13.5. The average molecular weight is 998 g/mol. The van der Waals surface area contributed by atoms with Crippen molar-refractivity contribution in [1.82, 2.24) is 4.90 Å². The molecule has 0 bridgehead atoms. The zero-order valence-corrected chi connectivity index (χ0v) is 50.1. The third-order valence-corrected chi connectivity index (χ3v) is 24.4. The van der Waals surface area contributed by atoms with Gasteiger partial charge in [0.2, 0.25) is 0 Å². The lowest BCUT2D eigenvalue weighted by Crippen LogP contribution is -2.50. The molecule has 0 heterocycles. The zero-order chi connectivity index (χ0) is 51.2. The Labute approximate surface area is 426 Å². The molecular formula is C58H120N2O6Si2. The Morgan fingerprint density at radius 2 is 0.838 bits per heavy atom. The van der Waals surface area contributed by atoms with E-state index in [-0.39, 0.29) is 40.1 Å². The van der Waals surface area contributed by atoms with E-state index in [1.165, 1.54) is 103 Å². The summed E-state index contributed by atoms with van der Waals surface area (Å²) in [6, 6.07) is 0. The quantitative estimate of drug-likeness (QED) is 0.0366. The summed E-state index contributed by atoms with van der Waals surface area (Å²) in [6.45, 7) is 34.7. The Morgan fingerprint density at radius 3 is 1.28 bits per heavy atom. The van der Waals surface area contributed by atoms with Gasteiger partial charge in [-0.1, -0.05) is 191 Å². The number of hydrogen-bond donors (Lipinski definition) is 1. The Morgan fingerprint density at radius 1 is 0.471 bits per heavy atom. The predicted molar refractivity (Wildman–Crippen MR) is 300 cm³/mol. The van der Waals surface area contributed by atoms with Crippen molar-refractivity contribution in [2.24, 2.45) is 11.7 Å². The molecule has 0 fully saturated rings. The minimum absolute atomic E-state index is 0.0452. The normalized spacial score (nSPS) is 13.7. The van der Waals surface area contributed by atoms with Crippen LogP contribution in [0.1, 0.15) is 268 Å². The monoisotopic (exact) mass is 997 g/mol. The van der Waals surface area contributed by atoms with Gasteiger partial charge in [-0.25, -0.2) is 0 Å². The summed E-state index contributed by atoms with van der Waals surface area (Å²) >= 11 is 0. The maximum Gasteiger partial charge on any atom is 0.308 e. The molecule has 0 saturated heterocycles. The SMILES string of the molecule is CCCCCCCCCCC(=O)OCCCCC(CN(CCCCN)CC(CCCCCOC(=O)C(CCCCCCCC)CCCCCCCC)O[Si](C)(C)C(C)(C)C)O[Si](C)(C)C(C)(C)C. The summed E-state index contributed by atoms with van der Waals surface area (Å²) in [7, 11) is -4.12. The molecule has 0 aliphatic carbocycles. The van der Waals surface area contributed by atoms with Crippen LogP contribution in [0.2, 0.25) is 36.3 Å². The van der Waals surface area contributed by atoms with Crippen molar-refractivity contribution in [3.63, 3.8) is 0 Å². The highest BCUT2D eigenvalue weighted by atomic mass is 28.4. The maximum atomic E-state index is 13.5. The smallest absolute Gasteiger partial charge is 0.308 e. The molecule has 0 aromatic heterocycles. The molecule has 2 atom stereocenters. The van der Waals surface area contributed by atoms with Crippen LogP contribution in [-0.2, 0) is 27.9 Å². The van der Waals surface area contributed by atoms with E-state index in [4.69, 9.17) is 24.1 Å². The molecule has 0 aliphatic rings. The molecule has 0 spiro atoms. The molecule has 406 valence electrons. The van der Waals surface area contributed by atoms with Gasteiger partial charge in [0.25, 0.3) is 0 Å². The Hall–Kier alpha value is -0.786. The standard InChI is InChI=1S/C58H120N2O6Si2/c1-14-17-20-23-26-27-30-35-45-55(61)63-48-40-36-44-54(66-68(12,13)58(7,8)9)51-60(47-38-37-46-59)50-53(65-67(10,11)57(4,5)6)43-34-31-39-49-64-56(62)52(41-32-28-24-21-18-15-2)42-33-29-25-22-19-16-3/h52-54H,14-51,59H2,1-13H3. The van der Waals surface area contributed by atoms with Crippen molar-refractivity contribution < 1.29 is 27.9 Å². The number of hydrogen-bond acceptors (Lipinski definition) is 8. The molecule has 0 rings (SSSR count). The molecule has 0 aromatic carbocycles. The highest BCUT2D eigenvalue weighted by Gasteiger charge is 2.41. The molecular weight excluding hydrogens is 877 g/mol. The van der Waals surface area contributed by atoms with Gasteiger partial charge in [0.15, 0.2) is 16.6 Å². The number of carbonyl (C=O) groups is 2. The first-order valence-electron chi connectivity index (χ1n) is 29.3. The number of nitrogens with two attached hydrogens (primary N) is 1. The number of rotatable bonds is 47. The molecule has 0 radical (unpaired) electrons. The van der Waals surface area contributed by atoms with Crippen LogP contribution < -0.4 is 5.73 Å². The van der Waals surface area contributed by atoms with Crippen molar-refractivity contribution in [3.8, 4) is 0 Å². The topological polar surface area (TPSA) is 100 Å². The fraction of sp³-hybridized carbons (Fsp3) is 0.966. The van der Waals surface area contributed by atoms with E-state index in [0.29, 0.717) is 26.2 Å². The summed E-state index contributed by atoms with van der Waals surface area (Å²) in [5, 5.41) is 0.211. The third-order valence-electron chi connectivity index (χ3n) is 15.4. The van der Waals surface area contributed by atoms with Crippen LogP contribution in [0.15, 0.2) is 0 Å². The minimum atomic E-state index is -2.06. The lowest BCUT2D eigenvalue weighted by atomic mass is 9.94. The second-order valence-electron chi connectivity index (χ2n) is 24.0. The molecule has 10 heteroatoms. The van der Waals surface area contributed by atoms with Gasteiger partial charge in [-0.05, 0) is 120 Å².